The predicted molar refractivity (Wildman–Crippen MR) is 67.5 cm³/mol. The van der Waals surface area contributed by atoms with E-state index >= 15 is 0 Å². The Labute approximate surface area is 119 Å². The molecular formula is C11H11ClFNO5S. The maximum Gasteiger partial charge on any atom is 0.334 e. The molecule has 1 aromatic rings. The Morgan fingerprint density at radius 2 is 2.20 bits per heavy atom. The first-order valence-corrected chi connectivity index (χ1v) is 7.44. The number of hydrogen-bond donors (Lipinski definition) is 1. The number of aliphatic carboxylic acids is 1. The minimum absolute atomic E-state index is 0.0227. The summed E-state index contributed by atoms with van der Waals surface area (Å²) in [4.78, 5) is 10.7. The third-order valence-electron chi connectivity index (χ3n) is 2.83. The second kappa shape index (κ2) is 5.65. The summed E-state index contributed by atoms with van der Waals surface area (Å²) >= 11 is 5.56. The van der Waals surface area contributed by atoms with E-state index in [4.69, 9.17) is 21.4 Å². The second-order valence-electron chi connectivity index (χ2n) is 4.14. The number of hydrogen-bond acceptors (Lipinski definition) is 4. The summed E-state index contributed by atoms with van der Waals surface area (Å²) in [6, 6.07) is 3.03. The number of sulfonamides is 1. The Kier molecular flexibility index (Phi) is 4.28. The van der Waals surface area contributed by atoms with E-state index in [1.807, 2.05) is 0 Å². The second-order valence-corrected chi connectivity index (χ2v) is 6.48. The van der Waals surface area contributed by atoms with Gasteiger partial charge in [0.05, 0.1) is 23.1 Å². The molecule has 0 amide bonds. The Morgan fingerprint density at radius 3 is 2.80 bits per heavy atom. The number of morpholine rings is 1. The zero-order valence-corrected chi connectivity index (χ0v) is 11.7. The van der Waals surface area contributed by atoms with Gasteiger partial charge in [-0.05, 0) is 18.2 Å². The van der Waals surface area contributed by atoms with Crippen LogP contribution in [0.15, 0.2) is 23.1 Å². The normalized spacial score (nSPS) is 20.8. The Balaban J connectivity index is 2.29. The van der Waals surface area contributed by atoms with Gasteiger partial charge >= 0.3 is 5.97 Å². The van der Waals surface area contributed by atoms with Crippen molar-refractivity contribution in [2.75, 3.05) is 19.7 Å². The van der Waals surface area contributed by atoms with Crippen molar-refractivity contribution in [3.8, 4) is 0 Å². The van der Waals surface area contributed by atoms with Crippen LogP contribution in [-0.4, -0.2) is 49.6 Å². The first-order chi connectivity index (χ1) is 9.32. The number of nitrogens with zero attached hydrogens (tertiary/aromatic N) is 1. The van der Waals surface area contributed by atoms with Crippen molar-refractivity contribution in [3.05, 3.63) is 29.0 Å². The van der Waals surface area contributed by atoms with Crippen LogP contribution in [0.25, 0.3) is 0 Å². The summed E-state index contributed by atoms with van der Waals surface area (Å²) < 4.78 is 43.6. The van der Waals surface area contributed by atoms with Crippen molar-refractivity contribution in [3.63, 3.8) is 0 Å². The lowest BCUT2D eigenvalue weighted by atomic mass is 10.3. The zero-order chi connectivity index (χ0) is 14.9. The Morgan fingerprint density at radius 1 is 1.50 bits per heavy atom. The van der Waals surface area contributed by atoms with Gasteiger partial charge in [-0.15, -0.1) is 0 Å². The number of ether oxygens (including phenoxy) is 1. The molecule has 1 aromatic carbocycles. The smallest absolute Gasteiger partial charge is 0.334 e. The van der Waals surface area contributed by atoms with E-state index in [2.05, 4.69) is 0 Å². The molecular weight excluding hydrogens is 313 g/mol. The van der Waals surface area contributed by atoms with E-state index in [0.29, 0.717) is 0 Å². The molecule has 1 fully saturated rings. The summed E-state index contributed by atoms with van der Waals surface area (Å²) in [6.07, 6.45) is -1.21. The van der Waals surface area contributed by atoms with Crippen LogP contribution < -0.4 is 0 Å². The fourth-order valence-electron chi connectivity index (χ4n) is 1.78. The fraction of sp³-hybridized carbons (Fsp3) is 0.364. The number of halogens is 2. The SMILES string of the molecule is O=C(O)C1CN(S(=O)(=O)c2ccc(F)c(Cl)c2)CCO1. The molecule has 1 saturated heterocycles. The minimum Gasteiger partial charge on any atom is -0.479 e. The fourth-order valence-corrected chi connectivity index (χ4v) is 3.48. The lowest BCUT2D eigenvalue weighted by Crippen LogP contribution is -2.48. The van der Waals surface area contributed by atoms with E-state index in [1.165, 1.54) is 0 Å². The van der Waals surface area contributed by atoms with Crippen molar-refractivity contribution in [1.82, 2.24) is 4.31 Å². The van der Waals surface area contributed by atoms with Crippen LogP contribution in [0.1, 0.15) is 0 Å². The van der Waals surface area contributed by atoms with Crippen LogP contribution in [0.3, 0.4) is 0 Å². The van der Waals surface area contributed by atoms with Gasteiger partial charge in [0.25, 0.3) is 0 Å². The van der Waals surface area contributed by atoms with Crippen LogP contribution in [0.4, 0.5) is 4.39 Å². The van der Waals surface area contributed by atoms with Gasteiger partial charge in [0.1, 0.15) is 5.82 Å². The molecule has 110 valence electrons. The molecule has 0 saturated carbocycles. The Hall–Kier alpha value is -1.22. The zero-order valence-electron chi connectivity index (χ0n) is 10.1. The topological polar surface area (TPSA) is 83.9 Å². The average Bonchev–Trinajstić information content (AvgIpc) is 2.42. The molecule has 6 nitrogen and oxygen atoms in total. The van der Waals surface area contributed by atoms with E-state index in [1.54, 1.807) is 0 Å². The molecule has 1 heterocycles. The predicted octanol–water partition coefficient (Wildman–Crippen LogP) is 0.953. The van der Waals surface area contributed by atoms with Crippen molar-refractivity contribution in [1.29, 1.82) is 0 Å². The highest BCUT2D eigenvalue weighted by atomic mass is 35.5. The summed E-state index contributed by atoms with van der Waals surface area (Å²) in [6.45, 7) is -0.293. The average molecular weight is 324 g/mol. The van der Waals surface area contributed by atoms with Crippen molar-refractivity contribution in [2.24, 2.45) is 0 Å². The van der Waals surface area contributed by atoms with Gasteiger partial charge in [-0.25, -0.2) is 17.6 Å². The molecule has 1 atom stereocenters. The molecule has 0 aliphatic carbocycles. The number of carboxylic acids is 1. The monoisotopic (exact) mass is 323 g/mol. The standard InChI is InChI=1S/C11H11ClFNO5S/c12-8-5-7(1-2-9(8)13)20(17,18)14-3-4-19-10(6-14)11(15)16/h1-2,5,10H,3-4,6H2,(H,15,16). The molecule has 0 aromatic heterocycles. The lowest BCUT2D eigenvalue weighted by molar-refractivity contribution is -0.153. The van der Waals surface area contributed by atoms with Crippen molar-refractivity contribution in [2.45, 2.75) is 11.0 Å². The summed E-state index contributed by atoms with van der Waals surface area (Å²) in [7, 11) is -3.93. The van der Waals surface area contributed by atoms with Gasteiger partial charge < -0.3 is 9.84 Å². The lowest BCUT2D eigenvalue weighted by Gasteiger charge is -2.30. The molecule has 0 bridgehead atoms. The minimum atomic E-state index is -3.93. The molecule has 9 heteroatoms. The summed E-state index contributed by atoms with van der Waals surface area (Å²) in [5.74, 6) is -1.96. The van der Waals surface area contributed by atoms with Gasteiger partial charge in [0, 0.05) is 6.54 Å². The highest BCUT2D eigenvalue weighted by Crippen LogP contribution is 2.23. The molecule has 1 unspecified atom stereocenters. The van der Waals surface area contributed by atoms with E-state index < -0.39 is 27.9 Å². The third kappa shape index (κ3) is 2.93. The number of carbonyl (C=O) groups is 1. The highest BCUT2D eigenvalue weighted by molar-refractivity contribution is 7.89. The van der Waals surface area contributed by atoms with Crippen LogP contribution in [-0.2, 0) is 19.6 Å². The quantitative estimate of drug-likeness (QED) is 0.895. The van der Waals surface area contributed by atoms with Crippen molar-refractivity contribution >= 4 is 27.6 Å². The van der Waals surface area contributed by atoms with Crippen LogP contribution in [0.5, 0.6) is 0 Å². The first-order valence-electron chi connectivity index (χ1n) is 5.62. The summed E-state index contributed by atoms with van der Waals surface area (Å²) in [5.41, 5.74) is 0. The highest BCUT2D eigenvalue weighted by Gasteiger charge is 2.34. The molecule has 2 rings (SSSR count). The van der Waals surface area contributed by atoms with Crippen molar-refractivity contribution < 1.29 is 27.4 Å². The van der Waals surface area contributed by atoms with E-state index in [0.717, 1.165) is 22.5 Å². The molecule has 20 heavy (non-hydrogen) atoms. The van der Waals surface area contributed by atoms with Crippen LogP contribution in [0, 0.1) is 5.82 Å². The van der Waals surface area contributed by atoms with Gasteiger partial charge in [-0.2, -0.15) is 4.31 Å². The van der Waals surface area contributed by atoms with E-state index in [-0.39, 0.29) is 29.6 Å². The molecule has 0 radical (unpaired) electrons. The first kappa shape index (κ1) is 15.2. The van der Waals surface area contributed by atoms with Gasteiger partial charge in [-0.1, -0.05) is 11.6 Å². The Bertz CT molecular complexity index is 636. The van der Waals surface area contributed by atoms with E-state index in [9.17, 15) is 17.6 Å². The molecule has 1 N–H and O–H groups in total. The number of carboxylic acid groups (broad SMARTS) is 1. The van der Waals surface area contributed by atoms with Gasteiger partial charge in [0.2, 0.25) is 10.0 Å². The van der Waals surface area contributed by atoms with Crippen LogP contribution in [0.2, 0.25) is 5.02 Å². The molecule has 1 aliphatic rings. The maximum absolute atomic E-state index is 13.1. The molecule has 1 aliphatic heterocycles. The van der Waals surface area contributed by atoms with Crippen LogP contribution >= 0.6 is 11.6 Å². The van der Waals surface area contributed by atoms with Gasteiger partial charge in [0.15, 0.2) is 6.10 Å². The number of rotatable bonds is 3. The molecule has 0 spiro atoms. The summed E-state index contributed by atoms with van der Waals surface area (Å²) in [5, 5.41) is 8.54. The largest absolute Gasteiger partial charge is 0.479 e. The third-order valence-corrected chi connectivity index (χ3v) is 4.98. The van der Waals surface area contributed by atoms with Gasteiger partial charge in [-0.3, -0.25) is 0 Å². The maximum atomic E-state index is 13.1. The number of benzene rings is 1.